The maximum Gasteiger partial charge on any atom is 0.255 e. The van der Waals surface area contributed by atoms with Gasteiger partial charge in [-0.15, -0.1) is 0 Å². The first-order chi connectivity index (χ1) is 20.5. The second-order valence-corrected chi connectivity index (χ2v) is 12.2. The van der Waals surface area contributed by atoms with Crippen molar-refractivity contribution in [1.29, 1.82) is 0 Å². The van der Waals surface area contributed by atoms with Gasteiger partial charge in [0.05, 0.1) is 23.2 Å². The van der Waals surface area contributed by atoms with Crippen LogP contribution in [0.15, 0.2) is 71.1 Å². The third kappa shape index (κ3) is 4.91. The number of rotatable bonds is 6. The molecule has 0 spiro atoms. The number of nitrogens with zero attached hydrogens (tertiary/aromatic N) is 2. The van der Waals surface area contributed by atoms with Crippen LogP contribution in [0.4, 0.5) is 14.5 Å². The van der Waals surface area contributed by atoms with Crippen LogP contribution in [0.2, 0.25) is 0 Å². The number of benzene rings is 3. The summed E-state index contributed by atoms with van der Waals surface area (Å²) >= 11 is 0. The van der Waals surface area contributed by atoms with Gasteiger partial charge in [-0.3, -0.25) is 9.10 Å². The first-order valence-electron chi connectivity index (χ1n) is 13.2. The zero-order valence-corrected chi connectivity index (χ0v) is 24.1. The van der Waals surface area contributed by atoms with Gasteiger partial charge in [0.1, 0.15) is 34.4 Å². The number of anilines is 1. The van der Waals surface area contributed by atoms with Crippen LogP contribution >= 0.6 is 0 Å². The summed E-state index contributed by atoms with van der Waals surface area (Å²) in [5.41, 5.74) is 3.65. The van der Waals surface area contributed by atoms with Crippen LogP contribution in [0.25, 0.3) is 45.2 Å². The summed E-state index contributed by atoms with van der Waals surface area (Å²) in [6, 6.07) is 16.3. The molecular weight excluding hydrogens is 576 g/mol. The minimum atomic E-state index is -3.77. The lowest BCUT2D eigenvalue weighted by Crippen LogP contribution is -2.25. The van der Waals surface area contributed by atoms with Gasteiger partial charge in [0.2, 0.25) is 10.0 Å². The molecule has 1 amide bonds. The first kappa shape index (κ1) is 28.1. The average Bonchev–Trinajstić information content (AvgIpc) is 3.58. The first-order valence-corrected chi connectivity index (χ1v) is 15.0. The zero-order chi connectivity index (χ0) is 30.6. The van der Waals surface area contributed by atoms with Gasteiger partial charge in [-0.1, -0.05) is 12.1 Å². The van der Waals surface area contributed by atoms with Crippen molar-refractivity contribution in [3.8, 4) is 28.3 Å². The van der Waals surface area contributed by atoms with E-state index in [4.69, 9.17) is 9.40 Å². The summed E-state index contributed by atoms with van der Waals surface area (Å²) < 4.78 is 60.7. The Morgan fingerprint density at radius 1 is 1.07 bits per heavy atom. The van der Waals surface area contributed by atoms with Crippen molar-refractivity contribution in [3.05, 3.63) is 101 Å². The van der Waals surface area contributed by atoms with Gasteiger partial charge in [0.15, 0.2) is 0 Å². The van der Waals surface area contributed by atoms with Crippen molar-refractivity contribution in [3.63, 3.8) is 0 Å². The van der Waals surface area contributed by atoms with Crippen molar-refractivity contribution in [1.82, 2.24) is 10.3 Å². The van der Waals surface area contributed by atoms with E-state index in [0.29, 0.717) is 39.8 Å². The van der Waals surface area contributed by atoms with Gasteiger partial charge in [0.25, 0.3) is 5.91 Å². The fraction of sp³-hybridized carbons (Fsp3) is 0.125. The van der Waals surface area contributed by atoms with Gasteiger partial charge in [-0.05, 0) is 65.7 Å². The lowest BCUT2D eigenvalue weighted by Gasteiger charge is -2.20. The quantitative estimate of drug-likeness (QED) is 0.247. The lowest BCUT2D eigenvalue weighted by atomic mass is 10.00. The number of halogens is 2. The predicted octanol–water partition coefficient (Wildman–Crippen LogP) is 6.00. The Morgan fingerprint density at radius 2 is 1.81 bits per heavy atom. The van der Waals surface area contributed by atoms with Crippen LogP contribution < -0.4 is 9.62 Å². The highest BCUT2D eigenvalue weighted by atomic mass is 32.2. The van der Waals surface area contributed by atoms with Crippen LogP contribution in [0.3, 0.4) is 0 Å². The number of aromatic hydroxyl groups is 1. The molecule has 0 bridgehead atoms. The van der Waals surface area contributed by atoms with Crippen LogP contribution in [0, 0.1) is 11.6 Å². The highest BCUT2D eigenvalue weighted by Gasteiger charge is 2.27. The Morgan fingerprint density at radius 3 is 2.49 bits per heavy atom. The lowest BCUT2D eigenvalue weighted by molar-refractivity contribution is 0.0964. The molecule has 0 saturated carbocycles. The minimum absolute atomic E-state index is 0.129. The van der Waals surface area contributed by atoms with Crippen molar-refractivity contribution < 1.29 is 31.5 Å². The van der Waals surface area contributed by atoms with Gasteiger partial charge < -0.3 is 14.8 Å². The van der Waals surface area contributed by atoms with Crippen LogP contribution in [-0.2, 0) is 16.4 Å². The third-order valence-corrected chi connectivity index (χ3v) is 8.69. The van der Waals surface area contributed by atoms with E-state index < -0.39 is 21.7 Å². The van der Waals surface area contributed by atoms with Gasteiger partial charge >= 0.3 is 0 Å². The van der Waals surface area contributed by atoms with E-state index in [1.165, 1.54) is 62.6 Å². The summed E-state index contributed by atoms with van der Waals surface area (Å²) in [6.07, 6.45) is 3.03. The normalized spacial score (nSPS) is 12.7. The van der Waals surface area contributed by atoms with E-state index in [9.17, 15) is 27.1 Å². The fourth-order valence-electron chi connectivity index (χ4n) is 5.25. The number of aromatic nitrogens is 1. The molecule has 2 aromatic heterocycles. The predicted molar refractivity (Wildman–Crippen MR) is 161 cm³/mol. The van der Waals surface area contributed by atoms with Gasteiger partial charge in [-0.25, -0.2) is 22.2 Å². The fourth-order valence-corrected chi connectivity index (χ4v) is 5.76. The SMILES string of the molecule is CNC(=O)c1c(-c2ccc(F)cc2)oc2cc(N(C)S(C)(=O)=O)c(-c3ccc(O)c(C4=Cc5c(F)cccc5C4)n3)cc12. The van der Waals surface area contributed by atoms with E-state index in [0.717, 1.165) is 16.1 Å². The topological polar surface area (TPSA) is 113 Å². The molecule has 2 N–H and O–H groups in total. The number of hydrogen-bond acceptors (Lipinski definition) is 6. The number of sulfonamides is 1. The zero-order valence-electron chi connectivity index (χ0n) is 23.3. The molecule has 1 aliphatic rings. The number of fused-ring (bicyclic) bond motifs is 2. The van der Waals surface area contributed by atoms with Crippen LogP contribution in [0.5, 0.6) is 5.75 Å². The molecule has 5 aromatic rings. The number of amides is 1. The third-order valence-electron chi connectivity index (χ3n) is 7.50. The average molecular weight is 602 g/mol. The number of carbonyl (C=O) groups excluding carboxylic acids is 1. The number of carbonyl (C=O) groups is 1. The molecule has 0 radical (unpaired) electrons. The molecule has 2 heterocycles. The standard InChI is InChI=1S/C32H25F2N3O5S/c1-35-32(39)29-23-15-22(25-11-12-27(38)30(36-25)19-13-18-5-4-6-24(34)21(18)14-19)26(37(2)43(3,40)41)16-28(23)42-31(29)17-7-9-20(33)10-8-17/h4-12,14-16,38H,13H2,1-3H3,(H,35,39). The Kier molecular flexibility index (Phi) is 6.77. The van der Waals surface area contributed by atoms with Gasteiger partial charge in [0, 0.05) is 48.7 Å². The van der Waals surface area contributed by atoms with E-state index in [2.05, 4.69) is 5.32 Å². The molecule has 0 aliphatic heterocycles. The summed E-state index contributed by atoms with van der Waals surface area (Å²) in [4.78, 5) is 17.8. The molecule has 0 unspecified atom stereocenters. The Hall–Kier alpha value is -5.03. The van der Waals surface area contributed by atoms with Crippen molar-refractivity contribution in [2.75, 3.05) is 24.7 Å². The number of hydrogen-bond donors (Lipinski definition) is 2. The molecule has 43 heavy (non-hydrogen) atoms. The summed E-state index contributed by atoms with van der Waals surface area (Å²) in [6.45, 7) is 0. The van der Waals surface area contributed by atoms with Gasteiger partial charge in [-0.2, -0.15) is 0 Å². The molecule has 0 fully saturated rings. The molecular formula is C32H25F2N3O5S. The van der Waals surface area contributed by atoms with Crippen molar-refractivity contribution >= 4 is 44.2 Å². The molecule has 6 rings (SSSR count). The van der Waals surface area contributed by atoms with Crippen LogP contribution in [-0.4, -0.2) is 44.8 Å². The molecule has 0 atom stereocenters. The van der Waals surface area contributed by atoms with Crippen molar-refractivity contribution in [2.24, 2.45) is 0 Å². The number of allylic oxidation sites excluding steroid dienone is 1. The monoisotopic (exact) mass is 601 g/mol. The second kappa shape index (κ2) is 10.4. The van der Waals surface area contributed by atoms with E-state index in [1.54, 1.807) is 24.3 Å². The van der Waals surface area contributed by atoms with E-state index in [-0.39, 0.29) is 39.9 Å². The maximum absolute atomic E-state index is 14.5. The minimum Gasteiger partial charge on any atom is -0.506 e. The number of nitrogens with one attached hydrogen (secondary N) is 1. The molecule has 1 aliphatic carbocycles. The molecule has 0 saturated heterocycles. The number of furan rings is 1. The molecule has 8 nitrogen and oxygen atoms in total. The summed E-state index contributed by atoms with van der Waals surface area (Å²) in [5, 5.41) is 13.7. The van der Waals surface area contributed by atoms with Crippen LogP contribution in [0.1, 0.15) is 27.2 Å². The number of pyridine rings is 1. The Balaban J connectivity index is 1.59. The smallest absolute Gasteiger partial charge is 0.255 e. The Labute approximate surface area is 246 Å². The van der Waals surface area contributed by atoms with E-state index in [1.807, 2.05) is 0 Å². The highest BCUT2D eigenvalue weighted by molar-refractivity contribution is 7.92. The molecule has 3 aromatic carbocycles. The molecule has 218 valence electrons. The second-order valence-electron chi connectivity index (χ2n) is 10.2. The summed E-state index contributed by atoms with van der Waals surface area (Å²) in [7, 11) is -0.927. The Bertz CT molecular complexity index is 2090. The largest absolute Gasteiger partial charge is 0.506 e. The summed E-state index contributed by atoms with van der Waals surface area (Å²) in [5.74, 6) is -1.27. The molecule has 11 heteroatoms. The van der Waals surface area contributed by atoms with Crippen molar-refractivity contribution in [2.45, 2.75) is 6.42 Å². The van der Waals surface area contributed by atoms with E-state index >= 15 is 0 Å². The maximum atomic E-state index is 14.5. The highest BCUT2D eigenvalue weighted by Crippen LogP contribution is 2.42.